The summed E-state index contributed by atoms with van der Waals surface area (Å²) >= 11 is 0. The lowest BCUT2D eigenvalue weighted by Crippen LogP contribution is -2.59. The van der Waals surface area contributed by atoms with Gasteiger partial charge in [-0.05, 0) is 79.6 Å². The Morgan fingerprint density at radius 2 is 1.86 bits per heavy atom. The summed E-state index contributed by atoms with van der Waals surface area (Å²) < 4.78 is 78.8. The molecule has 2 unspecified atom stereocenters. The maximum atomic E-state index is 14.3. The van der Waals surface area contributed by atoms with Gasteiger partial charge in [-0.15, -0.1) is 0 Å². The van der Waals surface area contributed by atoms with E-state index in [-0.39, 0.29) is 36.4 Å². The zero-order valence-corrected chi connectivity index (χ0v) is 24.7. The lowest BCUT2D eigenvalue weighted by molar-refractivity contribution is -0.145. The molecule has 234 valence electrons. The summed E-state index contributed by atoms with van der Waals surface area (Å²) in [7, 11) is 2.69. The number of halogens is 5. The van der Waals surface area contributed by atoms with E-state index in [4.69, 9.17) is 20.2 Å². The van der Waals surface area contributed by atoms with Crippen LogP contribution in [-0.4, -0.2) is 54.5 Å². The van der Waals surface area contributed by atoms with Crippen molar-refractivity contribution in [2.75, 3.05) is 20.8 Å². The quantitative estimate of drug-likeness (QED) is 0.331. The number of likely N-dealkylation sites (tertiary alicyclic amines) is 1. The molecule has 4 rings (SSSR count). The van der Waals surface area contributed by atoms with E-state index < -0.39 is 65.1 Å². The van der Waals surface area contributed by atoms with Gasteiger partial charge in [0.2, 0.25) is 5.91 Å². The molecule has 12 heteroatoms. The van der Waals surface area contributed by atoms with E-state index in [1.54, 1.807) is 17.9 Å². The van der Waals surface area contributed by atoms with Crippen molar-refractivity contribution in [2.45, 2.75) is 75.9 Å². The molecule has 1 saturated heterocycles. The fraction of sp³-hybridized carbons (Fsp3) is 0.516. The van der Waals surface area contributed by atoms with Crippen molar-refractivity contribution in [3.05, 3.63) is 70.0 Å². The molecule has 1 fully saturated rings. The molecule has 0 radical (unpaired) electrons. The molecule has 1 spiro atoms. The van der Waals surface area contributed by atoms with Gasteiger partial charge in [0.1, 0.15) is 18.4 Å². The normalized spacial score (nSPS) is 24.3. The van der Waals surface area contributed by atoms with Crippen LogP contribution in [0.1, 0.15) is 72.9 Å². The lowest BCUT2D eigenvalue weighted by atomic mass is 9.75. The first kappa shape index (κ1) is 32.4. The third-order valence-corrected chi connectivity index (χ3v) is 8.90. The van der Waals surface area contributed by atoms with Crippen LogP contribution in [-0.2, 0) is 31.9 Å². The summed E-state index contributed by atoms with van der Waals surface area (Å²) in [5.74, 6) is -2.93. The van der Waals surface area contributed by atoms with Gasteiger partial charge in [0.15, 0.2) is 5.90 Å². The third-order valence-electron chi connectivity index (χ3n) is 8.90. The van der Waals surface area contributed by atoms with Gasteiger partial charge in [-0.25, -0.2) is 13.8 Å². The van der Waals surface area contributed by atoms with Crippen molar-refractivity contribution in [2.24, 2.45) is 16.6 Å². The highest BCUT2D eigenvalue weighted by Crippen LogP contribution is 2.48. The topological polar surface area (TPSA) is 94.2 Å². The van der Waals surface area contributed by atoms with E-state index in [0.717, 1.165) is 12.1 Å². The standard InChI is InChI=1S/C31H36F5N3O4/c1-17-10-22(33)6-7-23(17)25-15-30(14-24(27(40)43-5)26(38-30)42-4)8-9-39(25)28(41)29(3,37)18(2)20-11-19(16-32)12-21(13-20)31(34,35)36/h6-7,10-13,18,24-25H,8-9,14-16,37H2,1-5H3/t18-,24?,25-,29?,30-/m1/s1. The number of benzene rings is 2. The zero-order chi connectivity index (χ0) is 31.9. The fourth-order valence-corrected chi connectivity index (χ4v) is 6.27. The second kappa shape index (κ2) is 11.9. The summed E-state index contributed by atoms with van der Waals surface area (Å²) in [6, 6.07) is 6.48. The summed E-state index contributed by atoms with van der Waals surface area (Å²) in [5, 5.41) is 0. The number of ether oxygens (including phenoxy) is 2. The zero-order valence-electron chi connectivity index (χ0n) is 24.7. The monoisotopic (exact) mass is 609 g/mol. The molecule has 0 aliphatic carbocycles. The van der Waals surface area contributed by atoms with Gasteiger partial charge < -0.3 is 20.1 Å². The number of carbonyl (C=O) groups is 2. The summed E-state index contributed by atoms with van der Waals surface area (Å²) in [6.07, 6.45) is -3.83. The Morgan fingerprint density at radius 1 is 1.16 bits per heavy atom. The van der Waals surface area contributed by atoms with Crippen molar-refractivity contribution in [1.29, 1.82) is 0 Å². The van der Waals surface area contributed by atoms with Gasteiger partial charge in [-0.1, -0.05) is 19.1 Å². The molecule has 2 N–H and O–H groups in total. The Bertz CT molecular complexity index is 1430. The molecule has 2 aliphatic rings. The lowest BCUT2D eigenvalue weighted by Gasteiger charge is -2.47. The molecule has 2 heterocycles. The number of methoxy groups -OCH3 is 2. The average molecular weight is 610 g/mol. The number of alkyl halides is 4. The molecule has 0 aromatic heterocycles. The van der Waals surface area contributed by atoms with Crippen LogP contribution in [0.4, 0.5) is 22.0 Å². The number of hydrogen-bond donors (Lipinski definition) is 1. The summed E-state index contributed by atoms with van der Waals surface area (Å²) in [5.41, 5.74) is 4.26. The van der Waals surface area contributed by atoms with Crippen LogP contribution in [0.5, 0.6) is 0 Å². The van der Waals surface area contributed by atoms with E-state index in [9.17, 15) is 31.5 Å². The van der Waals surface area contributed by atoms with E-state index >= 15 is 0 Å². The first-order chi connectivity index (χ1) is 20.1. The van der Waals surface area contributed by atoms with Crippen LogP contribution in [0.15, 0.2) is 41.4 Å². The van der Waals surface area contributed by atoms with E-state index in [2.05, 4.69) is 0 Å². The molecule has 2 aromatic carbocycles. The van der Waals surface area contributed by atoms with Gasteiger partial charge >= 0.3 is 12.1 Å². The van der Waals surface area contributed by atoms with Crippen molar-refractivity contribution in [3.63, 3.8) is 0 Å². The highest BCUT2D eigenvalue weighted by molar-refractivity contribution is 5.99. The number of amides is 1. The second-order valence-electron chi connectivity index (χ2n) is 11.7. The van der Waals surface area contributed by atoms with Crippen LogP contribution in [0.25, 0.3) is 0 Å². The molecular formula is C31H36F5N3O4. The van der Waals surface area contributed by atoms with Crippen molar-refractivity contribution < 1.29 is 41.0 Å². The molecule has 2 aliphatic heterocycles. The van der Waals surface area contributed by atoms with Gasteiger partial charge in [0, 0.05) is 12.5 Å². The molecular weight excluding hydrogens is 573 g/mol. The van der Waals surface area contributed by atoms with E-state index in [1.165, 1.54) is 46.3 Å². The molecule has 2 aromatic rings. The van der Waals surface area contributed by atoms with Gasteiger partial charge in [0.25, 0.3) is 0 Å². The number of aryl methyl sites for hydroxylation is 1. The van der Waals surface area contributed by atoms with Crippen molar-refractivity contribution in [1.82, 2.24) is 4.90 Å². The number of aliphatic imine (C=N–C) groups is 1. The number of nitrogens with two attached hydrogens (primary N) is 1. The van der Waals surface area contributed by atoms with Crippen LogP contribution in [0, 0.1) is 18.7 Å². The minimum Gasteiger partial charge on any atom is -0.484 e. The minimum absolute atomic E-state index is 0.0786. The van der Waals surface area contributed by atoms with Crippen LogP contribution >= 0.6 is 0 Å². The van der Waals surface area contributed by atoms with Crippen LogP contribution in [0.3, 0.4) is 0 Å². The van der Waals surface area contributed by atoms with E-state index in [1.807, 2.05) is 0 Å². The average Bonchev–Trinajstić information content (AvgIpc) is 3.33. The SMILES string of the molecule is COC(=O)C1C[C@@]2(CCN(C(=O)C(C)(N)[C@H](C)c3cc(CF)cc(C(F)(F)F)c3)[C@@H](c3ccc(F)cc3C)C2)N=C1OC. The van der Waals surface area contributed by atoms with Crippen LogP contribution in [0.2, 0.25) is 0 Å². The Kier molecular flexibility index (Phi) is 8.93. The predicted octanol–water partition coefficient (Wildman–Crippen LogP) is 5.78. The maximum absolute atomic E-state index is 14.3. The summed E-state index contributed by atoms with van der Waals surface area (Å²) in [6.45, 7) is 3.72. The van der Waals surface area contributed by atoms with Gasteiger partial charge in [0.05, 0.1) is 36.9 Å². The molecule has 7 nitrogen and oxygen atoms in total. The highest BCUT2D eigenvalue weighted by atomic mass is 19.4. The summed E-state index contributed by atoms with van der Waals surface area (Å²) in [4.78, 5) is 33.1. The minimum atomic E-state index is -4.72. The Labute approximate surface area is 247 Å². The first-order valence-electron chi connectivity index (χ1n) is 13.9. The molecule has 5 atom stereocenters. The first-order valence-corrected chi connectivity index (χ1v) is 13.9. The molecule has 1 amide bonds. The third kappa shape index (κ3) is 6.25. The number of rotatable bonds is 6. The molecule has 43 heavy (non-hydrogen) atoms. The largest absolute Gasteiger partial charge is 0.484 e. The van der Waals surface area contributed by atoms with Gasteiger partial charge in [-0.3, -0.25) is 9.59 Å². The second-order valence-corrected chi connectivity index (χ2v) is 11.7. The Balaban J connectivity index is 1.73. The number of piperidine rings is 1. The Hall–Kier alpha value is -3.54. The number of carbonyl (C=O) groups excluding carboxylic acids is 2. The van der Waals surface area contributed by atoms with Crippen LogP contribution < -0.4 is 5.73 Å². The highest BCUT2D eigenvalue weighted by Gasteiger charge is 2.52. The molecule has 0 bridgehead atoms. The molecule has 0 saturated carbocycles. The Morgan fingerprint density at radius 3 is 2.44 bits per heavy atom. The maximum Gasteiger partial charge on any atom is 0.416 e. The van der Waals surface area contributed by atoms with Gasteiger partial charge in [-0.2, -0.15) is 13.2 Å². The predicted molar refractivity (Wildman–Crippen MR) is 149 cm³/mol. The van der Waals surface area contributed by atoms with E-state index in [0.29, 0.717) is 17.5 Å². The smallest absolute Gasteiger partial charge is 0.416 e. The van der Waals surface area contributed by atoms with Crippen molar-refractivity contribution >= 4 is 17.8 Å². The van der Waals surface area contributed by atoms with Crippen molar-refractivity contribution in [3.8, 4) is 0 Å². The fourth-order valence-electron chi connectivity index (χ4n) is 6.27. The number of nitrogens with zero attached hydrogens (tertiary/aromatic N) is 2. The number of esters is 1. The number of hydrogen-bond acceptors (Lipinski definition) is 6.